The maximum absolute atomic E-state index is 12.8. The molecule has 0 aliphatic carbocycles. The monoisotopic (exact) mass is 866 g/mol. The maximum atomic E-state index is 12.8. The van der Waals surface area contributed by atoms with Gasteiger partial charge in [0, 0.05) is 37.3 Å². The number of piperidine rings is 2. The zero-order valence-corrected chi connectivity index (χ0v) is 33.5. The van der Waals surface area contributed by atoms with E-state index in [1.165, 1.54) is 24.3 Å². The van der Waals surface area contributed by atoms with Crippen LogP contribution in [-0.2, 0) is 0 Å². The standard InChI is InChI=1S/2C19H17Cl2N5O3/c2*20-14-8-11(18-22-24-25-23-18)9-15(21)17(14)29-12-4-5-16(27)13(10-12)19(28)26-6-2-1-3-7-26/h2*4-5,8-10,27H,1-3,6-7H2,(H,22,23,24,25). The summed E-state index contributed by atoms with van der Waals surface area (Å²) < 4.78 is 11.7. The molecule has 20 heteroatoms. The number of H-pyrrole nitrogens is 2. The van der Waals surface area contributed by atoms with E-state index in [1.54, 1.807) is 46.2 Å². The molecule has 0 radical (unpaired) electrons. The van der Waals surface area contributed by atoms with E-state index in [1.807, 2.05) is 0 Å². The normalized spacial score (nSPS) is 14.1. The van der Waals surface area contributed by atoms with E-state index >= 15 is 0 Å². The Bertz CT molecular complexity index is 2190. The first-order chi connectivity index (χ1) is 28.0. The van der Waals surface area contributed by atoms with Crippen LogP contribution in [0.1, 0.15) is 59.2 Å². The Morgan fingerprint density at radius 3 is 1.24 bits per heavy atom. The van der Waals surface area contributed by atoms with E-state index in [2.05, 4.69) is 41.2 Å². The zero-order chi connectivity index (χ0) is 40.8. The topological polar surface area (TPSA) is 208 Å². The van der Waals surface area contributed by atoms with Gasteiger partial charge in [-0.25, -0.2) is 0 Å². The van der Waals surface area contributed by atoms with Gasteiger partial charge in [0.1, 0.15) is 23.0 Å². The molecule has 58 heavy (non-hydrogen) atoms. The Kier molecular flexibility index (Phi) is 12.8. The Morgan fingerprint density at radius 1 is 0.552 bits per heavy atom. The van der Waals surface area contributed by atoms with E-state index in [-0.39, 0.29) is 66.0 Å². The molecule has 2 saturated heterocycles. The summed E-state index contributed by atoms with van der Waals surface area (Å²) >= 11 is 25.3. The minimum Gasteiger partial charge on any atom is -0.507 e. The van der Waals surface area contributed by atoms with Crippen molar-refractivity contribution in [1.82, 2.24) is 51.0 Å². The highest BCUT2D eigenvalue weighted by Gasteiger charge is 2.24. The van der Waals surface area contributed by atoms with Crippen LogP contribution in [0.4, 0.5) is 0 Å². The number of rotatable bonds is 8. The highest BCUT2D eigenvalue weighted by atomic mass is 35.5. The minimum atomic E-state index is -0.225. The van der Waals surface area contributed by atoms with Gasteiger partial charge in [-0.1, -0.05) is 46.4 Å². The average Bonchev–Trinajstić information content (AvgIpc) is 3.99. The molecule has 6 aromatic rings. The molecule has 16 nitrogen and oxygen atoms in total. The van der Waals surface area contributed by atoms with Crippen LogP contribution in [0.2, 0.25) is 20.1 Å². The molecule has 2 amide bonds. The van der Waals surface area contributed by atoms with Crippen molar-refractivity contribution in [2.45, 2.75) is 38.5 Å². The first-order valence-electron chi connectivity index (χ1n) is 18.1. The molecular weight excluding hydrogens is 834 g/mol. The van der Waals surface area contributed by atoms with Crippen LogP contribution < -0.4 is 9.47 Å². The summed E-state index contributed by atoms with van der Waals surface area (Å²) in [5, 5.41) is 48.6. The third-order valence-electron chi connectivity index (χ3n) is 9.33. The number of hydrogen-bond acceptors (Lipinski definition) is 12. The summed E-state index contributed by atoms with van der Waals surface area (Å²) in [6, 6.07) is 15.3. The molecule has 0 spiro atoms. The zero-order valence-electron chi connectivity index (χ0n) is 30.5. The third-order valence-corrected chi connectivity index (χ3v) is 10.4. The number of tetrazole rings is 2. The van der Waals surface area contributed by atoms with Gasteiger partial charge in [-0.2, -0.15) is 10.4 Å². The molecule has 300 valence electrons. The van der Waals surface area contributed by atoms with Crippen molar-refractivity contribution in [3.8, 4) is 57.3 Å². The van der Waals surface area contributed by atoms with Crippen LogP contribution in [0.25, 0.3) is 22.8 Å². The number of likely N-dealkylation sites (tertiary alicyclic amines) is 2. The number of ether oxygens (including phenoxy) is 2. The maximum Gasteiger partial charge on any atom is 0.257 e. The number of carbonyl (C=O) groups excluding carboxylic acids is 2. The molecule has 2 aromatic heterocycles. The van der Waals surface area contributed by atoms with Gasteiger partial charge in [0.15, 0.2) is 11.5 Å². The number of phenolic OH excluding ortho intramolecular Hbond substituents is 2. The summed E-state index contributed by atoms with van der Waals surface area (Å²) in [6.07, 6.45) is 6.05. The predicted octanol–water partition coefficient (Wildman–Crippen LogP) is 8.60. The second kappa shape index (κ2) is 18.3. The summed E-state index contributed by atoms with van der Waals surface area (Å²) in [5.74, 6) is 1.16. The number of carbonyl (C=O) groups is 2. The van der Waals surface area contributed by atoms with Gasteiger partial charge in [-0.15, -0.1) is 20.4 Å². The van der Waals surface area contributed by atoms with Gasteiger partial charge >= 0.3 is 0 Å². The number of nitrogens with one attached hydrogen (secondary N) is 2. The lowest BCUT2D eigenvalue weighted by molar-refractivity contribution is 0.0713. The Labute approximate surface area is 351 Å². The lowest BCUT2D eigenvalue weighted by Gasteiger charge is -2.27. The Morgan fingerprint density at radius 2 is 0.914 bits per heavy atom. The van der Waals surface area contributed by atoms with Gasteiger partial charge in [0.2, 0.25) is 11.6 Å². The molecule has 2 fully saturated rings. The highest BCUT2D eigenvalue weighted by molar-refractivity contribution is 6.38. The Hall–Kier alpha value is -5.68. The second-order valence-corrected chi connectivity index (χ2v) is 14.9. The number of aromatic hydroxyl groups is 2. The molecule has 8 rings (SSSR count). The number of hydrogen-bond donors (Lipinski definition) is 4. The van der Waals surface area contributed by atoms with Crippen molar-refractivity contribution in [3.63, 3.8) is 0 Å². The molecule has 4 heterocycles. The van der Waals surface area contributed by atoms with Crippen molar-refractivity contribution in [2.75, 3.05) is 26.2 Å². The first kappa shape index (κ1) is 40.5. The van der Waals surface area contributed by atoms with Crippen molar-refractivity contribution < 1.29 is 29.3 Å². The fourth-order valence-electron chi connectivity index (χ4n) is 6.41. The molecule has 2 aliphatic rings. The fourth-order valence-corrected chi connectivity index (χ4v) is 7.54. The van der Waals surface area contributed by atoms with Gasteiger partial charge in [0.05, 0.1) is 31.2 Å². The molecule has 0 saturated carbocycles. The molecular formula is C38H34Cl4N10O6. The molecule has 0 bridgehead atoms. The number of halogens is 4. The van der Waals surface area contributed by atoms with Crippen molar-refractivity contribution in [1.29, 1.82) is 0 Å². The smallest absolute Gasteiger partial charge is 0.257 e. The number of benzene rings is 4. The van der Waals surface area contributed by atoms with Crippen LogP contribution in [0.15, 0.2) is 60.7 Å². The van der Waals surface area contributed by atoms with Crippen molar-refractivity contribution >= 4 is 58.2 Å². The average molecular weight is 869 g/mol. The quantitative estimate of drug-likeness (QED) is 0.113. The van der Waals surface area contributed by atoms with Crippen LogP contribution in [-0.4, -0.2) is 99.3 Å². The van der Waals surface area contributed by atoms with Crippen molar-refractivity contribution in [2.24, 2.45) is 0 Å². The lowest BCUT2D eigenvalue weighted by Crippen LogP contribution is -2.35. The summed E-state index contributed by atoms with van der Waals surface area (Å²) in [7, 11) is 0. The van der Waals surface area contributed by atoms with Gasteiger partial charge in [0.25, 0.3) is 11.8 Å². The number of aromatic amines is 2. The predicted molar refractivity (Wildman–Crippen MR) is 215 cm³/mol. The number of phenols is 2. The van der Waals surface area contributed by atoms with E-state index in [9.17, 15) is 19.8 Å². The van der Waals surface area contributed by atoms with E-state index in [0.717, 1.165) is 38.5 Å². The molecule has 2 aliphatic heterocycles. The summed E-state index contributed by atoms with van der Waals surface area (Å²) in [4.78, 5) is 29.0. The van der Waals surface area contributed by atoms with Crippen LogP contribution in [0.5, 0.6) is 34.5 Å². The Balaban J connectivity index is 0.000000177. The van der Waals surface area contributed by atoms with Crippen LogP contribution in [0, 0.1) is 0 Å². The van der Waals surface area contributed by atoms with Gasteiger partial charge < -0.3 is 29.5 Å². The molecule has 0 atom stereocenters. The molecule has 0 unspecified atom stereocenters. The lowest BCUT2D eigenvalue weighted by atomic mass is 10.1. The van der Waals surface area contributed by atoms with E-state index in [0.29, 0.717) is 60.5 Å². The SMILES string of the molecule is O=C(c1cc(Oc2c(Cl)cc(-c3nn[nH]n3)cc2Cl)ccc1O)N1CCCCC1.O=C(c1cc(Oc2c(Cl)cc(-c3nn[nH]n3)cc2Cl)ccc1O)N1CCCCC1. The van der Waals surface area contributed by atoms with Crippen molar-refractivity contribution in [3.05, 3.63) is 91.9 Å². The largest absolute Gasteiger partial charge is 0.507 e. The second-order valence-electron chi connectivity index (χ2n) is 13.3. The van der Waals surface area contributed by atoms with Crippen LogP contribution in [0.3, 0.4) is 0 Å². The van der Waals surface area contributed by atoms with E-state index in [4.69, 9.17) is 55.9 Å². The summed E-state index contributed by atoms with van der Waals surface area (Å²) in [6.45, 7) is 2.72. The fraction of sp³-hybridized carbons (Fsp3) is 0.263. The highest BCUT2D eigenvalue weighted by Crippen LogP contribution is 2.42. The number of aromatic nitrogens is 8. The number of amides is 2. The number of nitrogens with zero attached hydrogens (tertiary/aromatic N) is 8. The molecule has 4 aromatic carbocycles. The summed E-state index contributed by atoms with van der Waals surface area (Å²) in [5.41, 5.74) is 1.51. The third kappa shape index (κ3) is 9.37. The van der Waals surface area contributed by atoms with Gasteiger partial charge in [-0.3, -0.25) is 9.59 Å². The minimum absolute atomic E-state index is 0.0995. The molecule has 4 N–H and O–H groups in total. The van der Waals surface area contributed by atoms with E-state index < -0.39 is 0 Å². The van der Waals surface area contributed by atoms with Gasteiger partial charge in [-0.05, 0) is 110 Å². The first-order valence-corrected chi connectivity index (χ1v) is 19.6. The van der Waals surface area contributed by atoms with Crippen LogP contribution >= 0.6 is 46.4 Å².